The summed E-state index contributed by atoms with van der Waals surface area (Å²) in [5, 5.41) is 0.731. The number of benzene rings is 2. The van der Waals surface area contributed by atoms with E-state index in [0.717, 1.165) is 22.6 Å². The molecule has 0 bridgehead atoms. The van der Waals surface area contributed by atoms with Crippen LogP contribution in [0.1, 0.15) is 29.9 Å². The molecule has 3 rings (SSSR count). The molecule has 0 heterocycles. The van der Waals surface area contributed by atoms with Crippen LogP contribution in [0.25, 0.3) is 5.57 Å². The van der Waals surface area contributed by atoms with Crippen LogP contribution < -0.4 is 0 Å². The molecule has 0 spiro atoms. The van der Waals surface area contributed by atoms with Gasteiger partial charge < -0.3 is 0 Å². The summed E-state index contributed by atoms with van der Waals surface area (Å²) in [6.07, 6.45) is 5.34. The van der Waals surface area contributed by atoms with Crippen LogP contribution in [0, 0.1) is 0 Å². The van der Waals surface area contributed by atoms with Crippen LogP contribution in [-0.4, -0.2) is 12.0 Å². The summed E-state index contributed by atoms with van der Waals surface area (Å²) in [4.78, 5) is 13.4. The van der Waals surface area contributed by atoms with E-state index in [4.69, 9.17) is 11.6 Å². The smallest absolute Gasteiger partial charge is 0.156 e. The first-order chi connectivity index (χ1) is 10.7. The molecule has 0 saturated heterocycles. The van der Waals surface area contributed by atoms with Gasteiger partial charge in [-0.3, -0.25) is 4.79 Å². The number of rotatable bonds is 3. The highest BCUT2D eigenvalue weighted by molar-refractivity contribution is 7.98. The van der Waals surface area contributed by atoms with Crippen molar-refractivity contribution in [2.75, 3.05) is 6.26 Å². The molecule has 0 N–H and O–H groups in total. The Hall–Kier alpha value is -1.51. The van der Waals surface area contributed by atoms with E-state index in [1.807, 2.05) is 24.3 Å². The third-order valence-corrected chi connectivity index (χ3v) is 5.05. The van der Waals surface area contributed by atoms with Crippen LogP contribution in [0.15, 0.2) is 59.5 Å². The standard InChI is InChI=1S/C19H17ClOS/c1-22-19-8-4-14(5-9-19)16-10-15(11-18(21)12-16)13-2-6-17(20)7-3-13/h2-9,12,15H,10-11H2,1H3/t15-/m1/s1. The average Bonchev–Trinajstić information content (AvgIpc) is 2.55. The normalized spacial score (nSPS) is 18.2. The number of allylic oxidation sites excluding steroid dienone is 2. The van der Waals surface area contributed by atoms with Crippen LogP contribution in [0.5, 0.6) is 0 Å². The third-order valence-electron chi connectivity index (χ3n) is 4.05. The van der Waals surface area contributed by atoms with Gasteiger partial charge in [-0.15, -0.1) is 11.8 Å². The lowest BCUT2D eigenvalue weighted by Crippen LogP contribution is -2.12. The Morgan fingerprint density at radius 2 is 1.68 bits per heavy atom. The first-order valence-corrected chi connectivity index (χ1v) is 8.89. The SMILES string of the molecule is CSc1ccc(C2=CC(=O)C[C@H](c3ccc(Cl)cc3)C2)cc1. The lowest BCUT2D eigenvalue weighted by atomic mass is 9.81. The van der Waals surface area contributed by atoms with E-state index in [1.165, 1.54) is 10.5 Å². The molecule has 22 heavy (non-hydrogen) atoms. The van der Waals surface area contributed by atoms with Gasteiger partial charge in [0.15, 0.2) is 5.78 Å². The zero-order valence-electron chi connectivity index (χ0n) is 12.4. The molecule has 1 nitrogen and oxygen atoms in total. The fourth-order valence-electron chi connectivity index (χ4n) is 2.87. The Morgan fingerprint density at radius 3 is 2.32 bits per heavy atom. The number of hydrogen-bond donors (Lipinski definition) is 0. The minimum atomic E-state index is 0.204. The van der Waals surface area contributed by atoms with E-state index >= 15 is 0 Å². The summed E-state index contributed by atoms with van der Waals surface area (Å²) in [7, 11) is 0. The molecule has 0 aromatic heterocycles. The molecule has 0 aliphatic heterocycles. The van der Waals surface area contributed by atoms with Crippen molar-refractivity contribution in [3.63, 3.8) is 0 Å². The Morgan fingerprint density at radius 1 is 1.00 bits per heavy atom. The van der Waals surface area contributed by atoms with Gasteiger partial charge in [-0.25, -0.2) is 0 Å². The Kier molecular flexibility index (Phi) is 4.70. The average molecular weight is 329 g/mol. The van der Waals surface area contributed by atoms with Gasteiger partial charge in [0.25, 0.3) is 0 Å². The number of ketones is 1. The molecule has 0 fully saturated rings. The van der Waals surface area contributed by atoms with Crippen molar-refractivity contribution in [2.45, 2.75) is 23.7 Å². The molecule has 1 atom stereocenters. The van der Waals surface area contributed by atoms with E-state index in [9.17, 15) is 4.79 Å². The van der Waals surface area contributed by atoms with Crippen LogP contribution in [0.4, 0.5) is 0 Å². The van der Waals surface area contributed by atoms with Crippen LogP contribution in [-0.2, 0) is 4.79 Å². The van der Waals surface area contributed by atoms with Gasteiger partial charge in [-0.1, -0.05) is 35.9 Å². The van der Waals surface area contributed by atoms with E-state index in [-0.39, 0.29) is 11.7 Å². The lowest BCUT2D eigenvalue weighted by molar-refractivity contribution is -0.115. The van der Waals surface area contributed by atoms with Crippen molar-refractivity contribution in [3.8, 4) is 0 Å². The molecule has 0 radical (unpaired) electrons. The molecule has 0 unspecified atom stereocenters. The van der Waals surface area contributed by atoms with Crippen molar-refractivity contribution in [3.05, 3.63) is 70.8 Å². The van der Waals surface area contributed by atoms with Gasteiger partial charge in [-0.2, -0.15) is 0 Å². The third kappa shape index (κ3) is 3.45. The van der Waals surface area contributed by atoms with Gasteiger partial charge in [0.2, 0.25) is 0 Å². The fourth-order valence-corrected chi connectivity index (χ4v) is 3.40. The second-order valence-corrected chi connectivity index (χ2v) is 6.84. The lowest BCUT2D eigenvalue weighted by Gasteiger charge is -2.23. The van der Waals surface area contributed by atoms with Crippen LogP contribution >= 0.6 is 23.4 Å². The predicted octanol–water partition coefficient (Wildman–Crippen LogP) is 5.59. The highest BCUT2D eigenvalue weighted by Gasteiger charge is 2.22. The molecule has 1 aliphatic carbocycles. The van der Waals surface area contributed by atoms with Gasteiger partial charge >= 0.3 is 0 Å². The second kappa shape index (κ2) is 6.72. The molecule has 0 amide bonds. The molecule has 1 aliphatic rings. The zero-order valence-corrected chi connectivity index (χ0v) is 14.0. The Balaban J connectivity index is 1.85. The maximum Gasteiger partial charge on any atom is 0.156 e. The van der Waals surface area contributed by atoms with E-state index in [1.54, 1.807) is 17.8 Å². The number of carbonyl (C=O) groups is 1. The number of halogens is 1. The van der Waals surface area contributed by atoms with E-state index < -0.39 is 0 Å². The summed E-state index contributed by atoms with van der Waals surface area (Å²) in [6, 6.07) is 16.3. The molecule has 112 valence electrons. The van der Waals surface area contributed by atoms with Crippen molar-refractivity contribution in [2.24, 2.45) is 0 Å². The Bertz CT molecular complexity index is 701. The summed E-state index contributed by atoms with van der Waals surface area (Å²) >= 11 is 7.68. The van der Waals surface area contributed by atoms with Gasteiger partial charge in [0.05, 0.1) is 0 Å². The summed E-state index contributed by atoms with van der Waals surface area (Å²) in [5.74, 6) is 0.445. The zero-order chi connectivity index (χ0) is 15.5. The first-order valence-electron chi connectivity index (χ1n) is 7.29. The van der Waals surface area contributed by atoms with Crippen molar-refractivity contribution in [1.29, 1.82) is 0 Å². The topological polar surface area (TPSA) is 17.1 Å². The van der Waals surface area contributed by atoms with Gasteiger partial charge in [0.1, 0.15) is 0 Å². The molecule has 3 heteroatoms. The fraction of sp³-hybridized carbons (Fsp3) is 0.211. The van der Waals surface area contributed by atoms with Crippen molar-refractivity contribution < 1.29 is 4.79 Å². The highest BCUT2D eigenvalue weighted by Crippen LogP contribution is 2.36. The van der Waals surface area contributed by atoms with Crippen LogP contribution in [0.3, 0.4) is 0 Å². The largest absolute Gasteiger partial charge is 0.295 e. The molecular weight excluding hydrogens is 312 g/mol. The number of thioether (sulfide) groups is 1. The summed E-state index contributed by atoms with van der Waals surface area (Å²) in [5.41, 5.74) is 3.46. The van der Waals surface area contributed by atoms with Gasteiger partial charge in [-0.05, 0) is 65.6 Å². The quantitative estimate of drug-likeness (QED) is 0.683. The monoisotopic (exact) mass is 328 g/mol. The minimum Gasteiger partial charge on any atom is -0.295 e. The number of hydrogen-bond acceptors (Lipinski definition) is 2. The van der Waals surface area contributed by atoms with E-state index in [0.29, 0.717) is 6.42 Å². The molecule has 2 aromatic rings. The highest BCUT2D eigenvalue weighted by atomic mass is 35.5. The molecule has 2 aromatic carbocycles. The van der Waals surface area contributed by atoms with Gasteiger partial charge in [0, 0.05) is 16.3 Å². The molecule has 0 saturated carbocycles. The number of carbonyl (C=O) groups excluding carboxylic acids is 1. The minimum absolute atomic E-state index is 0.204. The van der Waals surface area contributed by atoms with E-state index in [2.05, 4.69) is 30.5 Å². The Labute approximate surface area is 140 Å². The maximum atomic E-state index is 12.1. The molecular formula is C19H17ClOS. The summed E-state index contributed by atoms with van der Waals surface area (Å²) < 4.78 is 0. The summed E-state index contributed by atoms with van der Waals surface area (Å²) in [6.45, 7) is 0. The second-order valence-electron chi connectivity index (χ2n) is 5.52. The van der Waals surface area contributed by atoms with Crippen LogP contribution in [0.2, 0.25) is 5.02 Å². The van der Waals surface area contributed by atoms with Crippen molar-refractivity contribution >= 4 is 34.7 Å². The first kappa shape index (κ1) is 15.4. The van der Waals surface area contributed by atoms with Crippen molar-refractivity contribution in [1.82, 2.24) is 0 Å². The predicted molar refractivity (Wildman–Crippen MR) is 94.6 cm³/mol. The maximum absolute atomic E-state index is 12.1.